The number of carbonyl (C=O) groups is 1. The lowest BCUT2D eigenvalue weighted by Crippen LogP contribution is -2.16. The van der Waals surface area contributed by atoms with Gasteiger partial charge in [-0.05, 0) is 36.4 Å². The maximum Gasteiger partial charge on any atom is 0.573 e. The number of nitrogens with one attached hydrogen (secondary N) is 2. The van der Waals surface area contributed by atoms with Gasteiger partial charge >= 0.3 is 6.36 Å². The highest BCUT2D eigenvalue weighted by molar-refractivity contribution is 7.13. The Bertz CT molecular complexity index is 1040. The van der Waals surface area contributed by atoms with Gasteiger partial charge in [0.05, 0.1) is 32.0 Å². The highest BCUT2D eigenvalue weighted by atomic mass is 32.1. The van der Waals surface area contributed by atoms with Gasteiger partial charge < -0.3 is 24.8 Å². The van der Waals surface area contributed by atoms with Crippen LogP contribution in [0.15, 0.2) is 47.8 Å². The molecule has 0 saturated carbocycles. The van der Waals surface area contributed by atoms with Crippen LogP contribution in [-0.2, 0) is 11.2 Å². The molecule has 2 aromatic carbocycles. The van der Waals surface area contributed by atoms with E-state index in [0.29, 0.717) is 33.7 Å². The van der Waals surface area contributed by atoms with Crippen molar-refractivity contribution in [2.75, 3.05) is 24.9 Å². The first-order chi connectivity index (χ1) is 14.8. The molecule has 1 heterocycles. The molecule has 0 saturated heterocycles. The van der Waals surface area contributed by atoms with Crippen LogP contribution in [0.3, 0.4) is 0 Å². The Balaban J connectivity index is 1.59. The summed E-state index contributed by atoms with van der Waals surface area (Å²) in [6.07, 6.45) is -4.72. The molecule has 0 aliphatic carbocycles. The summed E-state index contributed by atoms with van der Waals surface area (Å²) in [7, 11) is 3.02. The van der Waals surface area contributed by atoms with Crippen LogP contribution in [0.2, 0.25) is 0 Å². The molecule has 0 radical (unpaired) electrons. The van der Waals surface area contributed by atoms with Crippen molar-refractivity contribution in [1.82, 2.24) is 4.98 Å². The molecule has 0 fully saturated rings. The number of hydrogen-bond donors (Lipinski definition) is 2. The van der Waals surface area contributed by atoms with Gasteiger partial charge in [-0.1, -0.05) is 0 Å². The van der Waals surface area contributed by atoms with Crippen molar-refractivity contribution in [2.45, 2.75) is 12.8 Å². The fourth-order valence-corrected chi connectivity index (χ4v) is 3.31. The minimum Gasteiger partial charge on any atom is -0.497 e. The van der Waals surface area contributed by atoms with Gasteiger partial charge in [0, 0.05) is 17.1 Å². The number of carbonyl (C=O) groups excluding carboxylic acids is 1. The number of ether oxygens (including phenoxy) is 3. The van der Waals surface area contributed by atoms with Crippen molar-refractivity contribution >= 4 is 33.8 Å². The molecule has 0 bridgehead atoms. The number of anilines is 3. The Hall–Kier alpha value is -3.47. The summed E-state index contributed by atoms with van der Waals surface area (Å²) in [6, 6.07) is 10.3. The van der Waals surface area contributed by atoms with Crippen LogP contribution in [0, 0.1) is 0 Å². The molecule has 0 spiro atoms. The molecule has 1 amide bonds. The highest BCUT2D eigenvalue weighted by Gasteiger charge is 2.30. The van der Waals surface area contributed by atoms with Gasteiger partial charge in [-0.2, -0.15) is 0 Å². The normalized spacial score (nSPS) is 11.0. The molecule has 0 unspecified atom stereocenters. The van der Waals surface area contributed by atoms with E-state index in [1.54, 1.807) is 23.6 Å². The number of halogens is 3. The summed E-state index contributed by atoms with van der Waals surface area (Å²) in [6.45, 7) is 0. The second-order valence-corrected chi connectivity index (χ2v) is 6.99. The Morgan fingerprint density at radius 1 is 1.06 bits per heavy atom. The van der Waals surface area contributed by atoms with E-state index in [1.807, 2.05) is 0 Å². The van der Waals surface area contributed by atoms with Gasteiger partial charge in [0.25, 0.3) is 0 Å². The minimum absolute atomic E-state index is 0.0247. The number of nitrogens with zero attached hydrogens (tertiary/aromatic N) is 1. The van der Waals surface area contributed by atoms with Crippen LogP contribution >= 0.6 is 11.3 Å². The SMILES string of the molecule is COc1ccc(OC)c(NC(=O)Cc2csc(Nc3ccc(OC(F)(F)F)cc3)n2)c1. The van der Waals surface area contributed by atoms with Crippen molar-refractivity contribution in [1.29, 1.82) is 0 Å². The molecular weight excluding hydrogens is 435 g/mol. The average Bonchev–Trinajstić information content (AvgIpc) is 3.14. The van der Waals surface area contributed by atoms with Gasteiger partial charge in [-0.25, -0.2) is 4.98 Å². The zero-order chi connectivity index (χ0) is 22.4. The lowest BCUT2D eigenvalue weighted by atomic mass is 10.2. The summed E-state index contributed by atoms with van der Waals surface area (Å²) in [5, 5.41) is 7.94. The van der Waals surface area contributed by atoms with Crippen LogP contribution in [0.1, 0.15) is 5.69 Å². The molecule has 0 atom stereocenters. The molecule has 2 N–H and O–H groups in total. The van der Waals surface area contributed by atoms with Crippen molar-refractivity contribution in [3.8, 4) is 17.2 Å². The van der Waals surface area contributed by atoms with Gasteiger partial charge in [-0.3, -0.25) is 4.79 Å². The molecule has 0 aliphatic heterocycles. The first-order valence-electron chi connectivity index (χ1n) is 8.85. The van der Waals surface area contributed by atoms with E-state index in [1.165, 1.54) is 49.8 Å². The summed E-state index contributed by atoms with van der Waals surface area (Å²) in [4.78, 5) is 16.7. The lowest BCUT2D eigenvalue weighted by molar-refractivity contribution is -0.274. The third-order valence-corrected chi connectivity index (χ3v) is 4.72. The topological polar surface area (TPSA) is 81.7 Å². The molecule has 3 rings (SSSR count). The quantitative estimate of drug-likeness (QED) is 0.501. The predicted molar refractivity (Wildman–Crippen MR) is 110 cm³/mol. The summed E-state index contributed by atoms with van der Waals surface area (Å²) in [5.41, 5.74) is 1.53. The van der Waals surface area contributed by atoms with Crippen molar-refractivity contribution < 1.29 is 32.2 Å². The lowest BCUT2D eigenvalue weighted by Gasteiger charge is -2.11. The second kappa shape index (κ2) is 9.56. The van der Waals surface area contributed by atoms with Crippen LogP contribution in [0.25, 0.3) is 0 Å². The van der Waals surface area contributed by atoms with Crippen LogP contribution in [0.5, 0.6) is 17.2 Å². The molecule has 164 valence electrons. The number of methoxy groups -OCH3 is 2. The van der Waals surface area contributed by atoms with E-state index < -0.39 is 6.36 Å². The maximum atomic E-state index is 12.4. The third kappa shape index (κ3) is 6.51. The Morgan fingerprint density at radius 2 is 1.77 bits per heavy atom. The number of amides is 1. The maximum absolute atomic E-state index is 12.4. The molecular formula is C20H18F3N3O4S. The van der Waals surface area contributed by atoms with Crippen LogP contribution in [-0.4, -0.2) is 31.5 Å². The smallest absolute Gasteiger partial charge is 0.497 e. The first kappa shape index (κ1) is 22.2. The minimum atomic E-state index is -4.74. The molecule has 1 aromatic heterocycles. The van der Waals surface area contributed by atoms with E-state index in [2.05, 4.69) is 20.4 Å². The van der Waals surface area contributed by atoms with E-state index in [0.717, 1.165) is 0 Å². The zero-order valence-corrected chi connectivity index (χ0v) is 17.3. The number of thiazole rings is 1. The van der Waals surface area contributed by atoms with Crippen molar-refractivity contribution in [3.63, 3.8) is 0 Å². The van der Waals surface area contributed by atoms with E-state index in [9.17, 15) is 18.0 Å². The Morgan fingerprint density at radius 3 is 2.42 bits per heavy atom. The van der Waals surface area contributed by atoms with E-state index in [4.69, 9.17) is 9.47 Å². The van der Waals surface area contributed by atoms with E-state index >= 15 is 0 Å². The van der Waals surface area contributed by atoms with Crippen molar-refractivity contribution in [3.05, 3.63) is 53.5 Å². The molecule has 3 aromatic rings. The summed E-state index contributed by atoms with van der Waals surface area (Å²) >= 11 is 1.26. The Labute approximate surface area is 179 Å². The number of benzene rings is 2. The number of alkyl halides is 3. The van der Waals surface area contributed by atoms with Gasteiger partial charge in [0.2, 0.25) is 5.91 Å². The predicted octanol–water partition coefficient (Wildman–Crippen LogP) is 4.98. The second-order valence-electron chi connectivity index (χ2n) is 6.13. The third-order valence-electron chi connectivity index (χ3n) is 3.91. The zero-order valence-electron chi connectivity index (χ0n) is 16.4. The van der Waals surface area contributed by atoms with Gasteiger partial charge in [0.15, 0.2) is 5.13 Å². The largest absolute Gasteiger partial charge is 0.573 e. The highest BCUT2D eigenvalue weighted by Crippen LogP contribution is 2.29. The number of hydrogen-bond acceptors (Lipinski definition) is 7. The van der Waals surface area contributed by atoms with Gasteiger partial charge in [-0.15, -0.1) is 24.5 Å². The molecule has 7 nitrogen and oxygen atoms in total. The summed E-state index contributed by atoms with van der Waals surface area (Å²) < 4.78 is 50.9. The van der Waals surface area contributed by atoms with Gasteiger partial charge in [0.1, 0.15) is 17.2 Å². The number of aromatic nitrogens is 1. The molecule has 11 heteroatoms. The van der Waals surface area contributed by atoms with E-state index in [-0.39, 0.29) is 18.1 Å². The first-order valence-corrected chi connectivity index (χ1v) is 9.73. The summed E-state index contributed by atoms with van der Waals surface area (Å²) in [5.74, 6) is 0.454. The number of rotatable bonds is 8. The van der Waals surface area contributed by atoms with Crippen LogP contribution < -0.4 is 24.8 Å². The molecule has 31 heavy (non-hydrogen) atoms. The Kier molecular flexibility index (Phi) is 6.85. The monoisotopic (exact) mass is 453 g/mol. The molecule has 0 aliphatic rings. The average molecular weight is 453 g/mol. The van der Waals surface area contributed by atoms with Crippen molar-refractivity contribution in [2.24, 2.45) is 0 Å². The standard InChI is InChI=1S/C20H18F3N3O4S/c1-28-15-7-8-17(29-2)16(10-15)26-18(27)9-13-11-31-19(25-13)24-12-3-5-14(6-4-12)30-20(21,22)23/h3-8,10-11H,9H2,1-2H3,(H,24,25)(H,26,27). The fraction of sp³-hybridized carbons (Fsp3) is 0.200. The fourth-order valence-electron chi connectivity index (χ4n) is 2.58. The van der Waals surface area contributed by atoms with Crippen LogP contribution in [0.4, 0.5) is 29.7 Å².